The van der Waals surface area contributed by atoms with Gasteiger partial charge in [-0.05, 0) is 31.0 Å². The fraction of sp³-hybridized carbons (Fsp3) is 0.250. The first-order valence-corrected chi connectivity index (χ1v) is 9.36. The SMILES string of the molecule is CC1(CC=Cc2ccccc2)SC(N2CCOc3cccnc32)=NC1=O. The van der Waals surface area contributed by atoms with Gasteiger partial charge in [-0.3, -0.25) is 9.69 Å². The van der Waals surface area contributed by atoms with E-state index in [0.717, 1.165) is 17.1 Å². The minimum atomic E-state index is -0.589. The first-order chi connectivity index (χ1) is 12.7. The van der Waals surface area contributed by atoms with Gasteiger partial charge in [0, 0.05) is 6.20 Å². The van der Waals surface area contributed by atoms with Crippen LogP contribution in [0.1, 0.15) is 18.9 Å². The number of hydrogen-bond donors (Lipinski definition) is 0. The maximum atomic E-state index is 12.6. The highest BCUT2D eigenvalue weighted by atomic mass is 32.2. The quantitative estimate of drug-likeness (QED) is 0.829. The van der Waals surface area contributed by atoms with Crippen LogP contribution in [0.4, 0.5) is 5.82 Å². The highest BCUT2D eigenvalue weighted by molar-refractivity contribution is 8.16. The molecule has 6 heteroatoms. The molecule has 2 aromatic rings. The van der Waals surface area contributed by atoms with E-state index in [2.05, 4.69) is 9.98 Å². The molecular formula is C20H19N3O2S. The van der Waals surface area contributed by atoms with Crippen LogP contribution in [0.2, 0.25) is 0 Å². The van der Waals surface area contributed by atoms with Gasteiger partial charge < -0.3 is 4.74 Å². The molecule has 26 heavy (non-hydrogen) atoms. The molecule has 1 atom stereocenters. The summed E-state index contributed by atoms with van der Waals surface area (Å²) in [5.41, 5.74) is 1.12. The summed E-state index contributed by atoms with van der Waals surface area (Å²) in [5, 5.41) is 0.703. The monoisotopic (exact) mass is 365 g/mol. The number of carbonyl (C=O) groups excluding carboxylic acids is 1. The zero-order chi connectivity index (χ0) is 18.0. The van der Waals surface area contributed by atoms with Gasteiger partial charge in [0.2, 0.25) is 0 Å². The number of ether oxygens (including phenoxy) is 1. The van der Waals surface area contributed by atoms with E-state index in [-0.39, 0.29) is 5.91 Å². The molecule has 0 fully saturated rings. The van der Waals surface area contributed by atoms with Crippen LogP contribution in [0, 0.1) is 0 Å². The van der Waals surface area contributed by atoms with Gasteiger partial charge in [-0.15, -0.1) is 0 Å². The molecule has 1 unspecified atom stereocenters. The molecular weight excluding hydrogens is 346 g/mol. The van der Waals surface area contributed by atoms with Crippen molar-refractivity contribution in [2.75, 3.05) is 18.1 Å². The van der Waals surface area contributed by atoms with Crippen molar-refractivity contribution in [3.8, 4) is 5.75 Å². The second-order valence-corrected chi connectivity index (χ2v) is 7.85. The summed E-state index contributed by atoms with van der Waals surface area (Å²) in [6, 6.07) is 13.8. The smallest absolute Gasteiger partial charge is 0.264 e. The van der Waals surface area contributed by atoms with Crippen molar-refractivity contribution < 1.29 is 9.53 Å². The summed E-state index contributed by atoms with van der Waals surface area (Å²) in [5.74, 6) is 1.35. The summed E-state index contributed by atoms with van der Waals surface area (Å²) in [7, 11) is 0. The van der Waals surface area contributed by atoms with Crippen LogP contribution in [0.25, 0.3) is 6.08 Å². The fourth-order valence-electron chi connectivity index (χ4n) is 2.94. The Morgan fingerprint density at radius 1 is 1.27 bits per heavy atom. The number of rotatable bonds is 3. The first-order valence-electron chi connectivity index (χ1n) is 8.55. The molecule has 0 saturated carbocycles. The molecule has 132 valence electrons. The first kappa shape index (κ1) is 16.8. The van der Waals surface area contributed by atoms with Crippen molar-refractivity contribution in [3.63, 3.8) is 0 Å². The highest BCUT2D eigenvalue weighted by Gasteiger charge is 2.43. The molecule has 0 bridgehead atoms. The van der Waals surface area contributed by atoms with E-state index in [0.29, 0.717) is 24.7 Å². The average Bonchev–Trinajstić information content (AvgIpc) is 2.97. The third-order valence-electron chi connectivity index (χ3n) is 4.39. The molecule has 1 aromatic heterocycles. The predicted molar refractivity (Wildman–Crippen MR) is 106 cm³/mol. The number of aliphatic imine (C=N–C) groups is 1. The molecule has 1 amide bonds. The summed E-state index contributed by atoms with van der Waals surface area (Å²) in [4.78, 5) is 23.3. The molecule has 0 radical (unpaired) electrons. The molecule has 0 spiro atoms. The van der Waals surface area contributed by atoms with E-state index < -0.39 is 4.75 Å². The largest absolute Gasteiger partial charge is 0.488 e. The summed E-state index contributed by atoms with van der Waals surface area (Å²) in [6.45, 7) is 3.14. The van der Waals surface area contributed by atoms with Gasteiger partial charge in [0.15, 0.2) is 16.7 Å². The van der Waals surface area contributed by atoms with Crippen LogP contribution in [0.15, 0.2) is 59.7 Å². The number of allylic oxidation sites excluding steroid dienone is 1. The van der Waals surface area contributed by atoms with Crippen molar-refractivity contribution in [2.24, 2.45) is 4.99 Å². The second-order valence-electron chi connectivity index (χ2n) is 6.37. The Morgan fingerprint density at radius 2 is 2.12 bits per heavy atom. The van der Waals surface area contributed by atoms with Gasteiger partial charge in [-0.2, -0.15) is 4.99 Å². The Balaban J connectivity index is 1.50. The number of benzene rings is 1. The lowest BCUT2D eigenvalue weighted by Crippen LogP contribution is -2.37. The molecule has 5 nitrogen and oxygen atoms in total. The third-order valence-corrected chi connectivity index (χ3v) is 5.68. The zero-order valence-electron chi connectivity index (χ0n) is 14.5. The lowest BCUT2D eigenvalue weighted by Gasteiger charge is -2.29. The Kier molecular flexibility index (Phi) is 4.51. The minimum Gasteiger partial charge on any atom is -0.488 e. The lowest BCUT2D eigenvalue weighted by molar-refractivity contribution is -0.119. The summed E-state index contributed by atoms with van der Waals surface area (Å²) in [6.07, 6.45) is 6.44. The number of amides is 1. The Labute approximate surface area is 156 Å². The minimum absolute atomic E-state index is 0.0980. The van der Waals surface area contributed by atoms with Crippen molar-refractivity contribution in [2.45, 2.75) is 18.1 Å². The maximum Gasteiger partial charge on any atom is 0.264 e. The van der Waals surface area contributed by atoms with Crippen molar-refractivity contribution >= 4 is 34.7 Å². The predicted octanol–water partition coefficient (Wildman–Crippen LogP) is 3.77. The number of fused-ring (bicyclic) bond motifs is 1. The van der Waals surface area contributed by atoms with Crippen molar-refractivity contribution in [1.29, 1.82) is 0 Å². The third kappa shape index (κ3) is 3.24. The van der Waals surface area contributed by atoms with Gasteiger partial charge in [-0.25, -0.2) is 4.98 Å². The van der Waals surface area contributed by atoms with Gasteiger partial charge in [-0.1, -0.05) is 54.2 Å². The number of thioether (sulfide) groups is 1. The number of nitrogens with zero attached hydrogens (tertiary/aromatic N) is 3. The van der Waals surface area contributed by atoms with Crippen LogP contribution in [0.3, 0.4) is 0 Å². The topological polar surface area (TPSA) is 54.8 Å². The molecule has 4 rings (SSSR count). The molecule has 0 N–H and O–H groups in total. The zero-order valence-corrected chi connectivity index (χ0v) is 15.3. The summed E-state index contributed by atoms with van der Waals surface area (Å²) >= 11 is 1.51. The number of pyridine rings is 1. The standard InChI is InChI=1S/C20H19N3O2S/c1-20(11-5-9-15-7-3-2-4-8-15)18(24)22-19(26-20)23-13-14-25-16-10-6-12-21-17(16)23/h2-10,12H,11,13-14H2,1H3. The molecule has 0 saturated heterocycles. The van der Waals surface area contributed by atoms with E-state index >= 15 is 0 Å². The van der Waals surface area contributed by atoms with E-state index in [1.807, 2.05) is 66.4 Å². The van der Waals surface area contributed by atoms with E-state index in [1.54, 1.807) is 6.20 Å². The lowest BCUT2D eigenvalue weighted by atomic mass is 10.1. The normalized spacial score (nSPS) is 22.3. The number of aromatic nitrogens is 1. The molecule has 2 aliphatic heterocycles. The number of hydrogen-bond acceptors (Lipinski definition) is 5. The van der Waals surface area contributed by atoms with Crippen LogP contribution >= 0.6 is 11.8 Å². The van der Waals surface area contributed by atoms with E-state index in [4.69, 9.17) is 4.74 Å². The second kappa shape index (κ2) is 6.96. The molecule has 1 aromatic carbocycles. The molecule has 3 heterocycles. The van der Waals surface area contributed by atoms with Crippen LogP contribution in [-0.4, -0.2) is 34.0 Å². The van der Waals surface area contributed by atoms with Crippen LogP contribution in [0.5, 0.6) is 5.75 Å². The maximum absolute atomic E-state index is 12.6. The van der Waals surface area contributed by atoms with E-state index in [1.165, 1.54) is 11.8 Å². The van der Waals surface area contributed by atoms with Gasteiger partial charge in [0.25, 0.3) is 5.91 Å². The Morgan fingerprint density at radius 3 is 2.96 bits per heavy atom. The number of amidine groups is 1. The molecule has 0 aliphatic carbocycles. The van der Waals surface area contributed by atoms with Crippen LogP contribution in [-0.2, 0) is 4.79 Å². The van der Waals surface area contributed by atoms with E-state index in [9.17, 15) is 4.79 Å². The number of carbonyl (C=O) groups is 1. The summed E-state index contributed by atoms with van der Waals surface area (Å²) < 4.78 is 5.05. The molecule has 2 aliphatic rings. The number of anilines is 1. The Hall–Kier alpha value is -2.60. The van der Waals surface area contributed by atoms with Crippen molar-refractivity contribution in [1.82, 2.24) is 4.98 Å². The van der Waals surface area contributed by atoms with Gasteiger partial charge >= 0.3 is 0 Å². The highest BCUT2D eigenvalue weighted by Crippen LogP contribution is 2.41. The van der Waals surface area contributed by atoms with Crippen molar-refractivity contribution in [3.05, 3.63) is 60.3 Å². The average molecular weight is 365 g/mol. The van der Waals surface area contributed by atoms with Crippen LogP contribution < -0.4 is 9.64 Å². The Bertz CT molecular complexity index is 882. The van der Waals surface area contributed by atoms with Gasteiger partial charge in [0.05, 0.1) is 6.54 Å². The van der Waals surface area contributed by atoms with Gasteiger partial charge in [0.1, 0.15) is 11.4 Å². The fourth-order valence-corrected chi connectivity index (χ4v) is 4.07.